The number of hydrogen-bond acceptors (Lipinski definition) is 3. The van der Waals surface area contributed by atoms with Gasteiger partial charge >= 0.3 is 0 Å². The van der Waals surface area contributed by atoms with Gasteiger partial charge in [-0.2, -0.15) is 11.8 Å². The van der Waals surface area contributed by atoms with E-state index in [1.807, 2.05) is 11.8 Å². The van der Waals surface area contributed by atoms with E-state index < -0.39 is 0 Å². The molecule has 1 spiro atoms. The first-order chi connectivity index (χ1) is 8.24. The van der Waals surface area contributed by atoms with E-state index in [-0.39, 0.29) is 0 Å². The van der Waals surface area contributed by atoms with Crippen molar-refractivity contribution in [3.05, 3.63) is 0 Å². The molecule has 2 fully saturated rings. The molecule has 0 bridgehead atoms. The monoisotopic (exact) mass is 256 g/mol. The summed E-state index contributed by atoms with van der Waals surface area (Å²) in [5.74, 6) is 0. The van der Waals surface area contributed by atoms with Crippen molar-refractivity contribution in [2.75, 3.05) is 32.4 Å². The molecule has 1 unspecified atom stereocenters. The van der Waals surface area contributed by atoms with E-state index in [4.69, 9.17) is 0 Å². The average molecular weight is 256 g/mol. The highest BCUT2D eigenvalue weighted by Gasteiger charge is 2.36. The molecule has 2 aliphatic rings. The fourth-order valence-electron chi connectivity index (χ4n) is 3.28. The van der Waals surface area contributed by atoms with Crippen LogP contribution in [-0.2, 0) is 0 Å². The second-order valence-corrected chi connectivity index (χ2v) is 7.16. The van der Waals surface area contributed by atoms with Gasteiger partial charge in [0, 0.05) is 17.3 Å². The van der Waals surface area contributed by atoms with Crippen LogP contribution in [0.4, 0.5) is 0 Å². The second kappa shape index (κ2) is 6.44. The molecular weight excluding hydrogens is 228 g/mol. The molecular formula is C14H28N2S. The summed E-state index contributed by atoms with van der Waals surface area (Å²) in [4.78, 5) is 2.72. The van der Waals surface area contributed by atoms with Crippen molar-refractivity contribution in [2.24, 2.45) is 0 Å². The summed E-state index contributed by atoms with van der Waals surface area (Å²) >= 11 is 2.00. The minimum absolute atomic E-state index is 0.485. The molecule has 2 rings (SSSR count). The summed E-state index contributed by atoms with van der Waals surface area (Å²) in [5.41, 5.74) is 0.485. The molecule has 0 radical (unpaired) electrons. The van der Waals surface area contributed by atoms with Crippen LogP contribution in [0.2, 0.25) is 0 Å². The number of nitrogens with one attached hydrogen (secondary N) is 1. The molecule has 1 heterocycles. The predicted octanol–water partition coefficient (Wildman–Crippen LogP) is 2.74. The lowest BCUT2D eigenvalue weighted by atomic mass is 9.97. The van der Waals surface area contributed by atoms with Crippen LogP contribution in [0.5, 0.6) is 0 Å². The zero-order chi connectivity index (χ0) is 12.1. The summed E-state index contributed by atoms with van der Waals surface area (Å²) < 4.78 is 0. The first-order valence-corrected chi connectivity index (χ1v) is 8.53. The Morgan fingerprint density at radius 3 is 2.76 bits per heavy atom. The average Bonchev–Trinajstić information content (AvgIpc) is 2.68. The van der Waals surface area contributed by atoms with Gasteiger partial charge in [0.1, 0.15) is 0 Å². The molecule has 1 N–H and O–H groups in total. The fraction of sp³-hybridized carbons (Fsp3) is 1.00. The Hall–Kier alpha value is 0.270. The second-order valence-electron chi connectivity index (χ2n) is 5.88. The summed E-state index contributed by atoms with van der Waals surface area (Å²) in [6.07, 6.45) is 10.6. The van der Waals surface area contributed by atoms with E-state index in [2.05, 4.69) is 23.4 Å². The van der Waals surface area contributed by atoms with Crippen LogP contribution in [0.25, 0.3) is 0 Å². The molecule has 1 saturated heterocycles. The number of nitrogens with zero attached hydrogens (tertiary/aromatic N) is 1. The van der Waals surface area contributed by atoms with Crippen LogP contribution in [0.1, 0.15) is 45.4 Å². The topological polar surface area (TPSA) is 15.3 Å². The highest BCUT2D eigenvalue weighted by Crippen LogP contribution is 2.31. The van der Waals surface area contributed by atoms with Crippen molar-refractivity contribution in [3.8, 4) is 0 Å². The molecule has 3 heteroatoms. The van der Waals surface area contributed by atoms with Crippen molar-refractivity contribution in [2.45, 2.75) is 56.2 Å². The lowest BCUT2D eigenvalue weighted by molar-refractivity contribution is 0.208. The standard InChI is InChI=1S/C14H28N2S/c1-13(17-2)6-11-16-10-5-9-15-14(12-16)7-3-4-8-14/h13,15H,3-12H2,1-2H3. The highest BCUT2D eigenvalue weighted by atomic mass is 32.2. The van der Waals surface area contributed by atoms with Crippen molar-refractivity contribution >= 4 is 11.8 Å². The number of thioether (sulfide) groups is 1. The van der Waals surface area contributed by atoms with Crippen molar-refractivity contribution in [1.82, 2.24) is 10.2 Å². The SMILES string of the molecule is CSC(C)CCN1CCCNC2(CCCC2)C1. The maximum Gasteiger partial charge on any atom is 0.0308 e. The van der Waals surface area contributed by atoms with Crippen LogP contribution in [-0.4, -0.2) is 48.1 Å². The van der Waals surface area contributed by atoms with Gasteiger partial charge < -0.3 is 10.2 Å². The van der Waals surface area contributed by atoms with E-state index in [9.17, 15) is 0 Å². The molecule has 0 aromatic rings. The van der Waals surface area contributed by atoms with E-state index >= 15 is 0 Å². The molecule has 1 saturated carbocycles. The predicted molar refractivity (Wildman–Crippen MR) is 77.9 cm³/mol. The van der Waals surface area contributed by atoms with Gasteiger partial charge in [-0.1, -0.05) is 19.8 Å². The van der Waals surface area contributed by atoms with Crippen molar-refractivity contribution < 1.29 is 0 Å². The van der Waals surface area contributed by atoms with Gasteiger partial charge in [0.15, 0.2) is 0 Å². The normalized spacial score (nSPS) is 27.2. The molecule has 0 aromatic heterocycles. The van der Waals surface area contributed by atoms with Gasteiger partial charge in [-0.25, -0.2) is 0 Å². The Balaban J connectivity index is 1.84. The Morgan fingerprint density at radius 1 is 1.29 bits per heavy atom. The highest BCUT2D eigenvalue weighted by molar-refractivity contribution is 7.99. The maximum atomic E-state index is 3.84. The summed E-state index contributed by atoms with van der Waals surface area (Å²) in [6.45, 7) is 7.48. The summed E-state index contributed by atoms with van der Waals surface area (Å²) in [6, 6.07) is 0. The molecule has 2 nitrogen and oxygen atoms in total. The quantitative estimate of drug-likeness (QED) is 0.832. The third kappa shape index (κ3) is 3.87. The van der Waals surface area contributed by atoms with Crippen LogP contribution >= 0.6 is 11.8 Å². The Labute approximate surface area is 111 Å². The van der Waals surface area contributed by atoms with Crippen LogP contribution < -0.4 is 5.32 Å². The molecule has 0 aromatic carbocycles. The molecule has 17 heavy (non-hydrogen) atoms. The Kier molecular flexibility index (Phi) is 5.19. The minimum atomic E-state index is 0.485. The Morgan fingerprint density at radius 2 is 2.06 bits per heavy atom. The molecule has 100 valence electrons. The third-order valence-corrected chi connectivity index (χ3v) is 5.53. The van der Waals surface area contributed by atoms with Crippen molar-refractivity contribution in [3.63, 3.8) is 0 Å². The van der Waals surface area contributed by atoms with E-state index in [0.29, 0.717) is 5.54 Å². The fourth-order valence-corrected chi connectivity index (χ4v) is 3.62. The van der Waals surface area contributed by atoms with Gasteiger partial charge in [0.25, 0.3) is 0 Å². The number of rotatable bonds is 4. The van der Waals surface area contributed by atoms with E-state index in [1.54, 1.807) is 0 Å². The minimum Gasteiger partial charge on any atom is -0.310 e. The van der Waals surface area contributed by atoms with Crippen LogP contribution in [0.15, 0.2) is 0 Å². The van der Waals surface area contributed by atoms with E-state index in [1.165, 1.54) is 64.7 Å². The first kappa shape index (κ1) is 13.7. The maximum absolute atomic E-state index is 3.84. The van der Waals surface area contributed by atoms with Gasteiger partial charge in [-0.3, -0.25) is 0 Å². The molecule has 1 aliphatic heterocycles. The molecule has 0 amide bonds. The van der Waals surface area contributed by atoms with E-state index in [0.717, 1.165) is 5.25 Å². The summed E-state index contributed by atoms with van der Waals surface area (Å²) in [7, 11) is 0. The van der Waals surface area contributed by atoms with Crippen molar-refractivity contribution in [1.29, 1.82) is 0 Å². The smallest absolute Gasteiger partial charge is 0.0308 e. The van der Waals surface area contributed by atoms with Gasteiger partial charge in [-0.15, -0.1) is 0 Å². The lowest BCUT2D eigenvalue weighted by Gasteiger charge is -2.33. The molecule has 1 atom stereocenters. The largest absolute Gasteiger partial charge is 0.310 e. The Bertz CT molecular complexity index is 226. The van der Waals surface area contributed by atoms with Crippen LogP contribution in [0.3, 0.4) is 0 Å². The summed E-state index contributed by atoms with van der Waals surface area (Å²) in [5, 5.41) is 4.65. The zero-order valence-electron chi connectivity index (χ0n) is 11.5. The van der Waals surface area contributed by atoms with Gasteiger partial charge in [-0.05, 0) is 51.6 Å². The molecule has 1 aliphatic carbocycles. The van der Waals surface area contributed by atoms with Gasteiger partial charge in [0.2, 0.25) is 0 Å². The number of hydrogen-bond donors (Lipinski definition) is 1. The van der Waals surface area contributed by atoms with Gasteiger partial charge in [0.05, 0.1) is 0 Å². The first-order valence-electron chi connectivity index (χ1n) is 7.24. The lowest BCUT2D eigenvalue weighted by Crippen LogP contribution is -2.49. The van der Waals surface area contributed by atoms with Crippen LogP contribution in [0, 0.1) is 0 Å². The zero-order valence-corrected chi connectivity index (χ0v) is 12.3. The third-order valence-electron chi connectivity index (χ3n) is 4.49.